The quantitative estimate of drug-likeness (QED) is 0.739. The third kappa shape index (κ3) is 1.72. The molecule has 0 spiro atoms. The van der Waals surface area contributed by atoms with Gasteiger partial charge in [0.1, 0.15) is 5.75 Å². The number of ether oxygens (including phenoxy) is 1. The van der Waals surface area contributed by atoms with E-state index in [4.69, 9.17) is 10.5 Å². The van der Waals surface area contributed by atoms with Gasteiger partial charge in [0.15, 0.2) is 6.23 Å². The van der Waals surface area contributed by atoms with Crippen molar-refractivity contribution in [2.75, 3.05) is 12.3 Å². The van der Waals surface area contributed by atoms with Gasteiger partial charge in [0.25, 0.3) is 0 Å². The van der Waals surface area contributed by atoms with Crippen molar-refractivity contribution in [3.63, 3.8) is 0 Å². The zero-order chi connectivity index (χ0) is 11.8. The minimum atomic E-state index is -0.0394. The summed E-state index contributed by atoms with van der Waals surface area (Å²) in [7, 11) is 0. The van der Waals surface area contributed by atoms with Gasteiger partial charge < -0.3 is 15.6 Å². The van der Waals surface area contributed by atoms with E-state index in [-0.39, 0.29) is 12.0 Å². The van der Waals surface area contributed by atoms with Crippen LogP contribution >= 0.6 is 0 Å². The van der Waals surface area contributed by atoms with Crippen LogP contribution in [0, 0.1) is 0 Å². The summed E-state index contributed by atoms with van der Waals surface area (Å²) >= 11 is 0. The van der Waals surface area contributed by atoms with Crippen LogP contribution in [0.25, 0.3) is 10.9 Å². The van der Waals surface area contributed by atoms with E-state index in [1.165, 1.54) is 6.07 Å². The first-order valence-electron chi connectivity index (χ1n) is 5.83. The molecule has 0 amide bonds. The molecule has 2 heterocycles. The highest BCUT2D eigenvalue weighted by molar-refractivity contribution is 5.88. The molecule has 1 aliphatic rings. The van der Waals surface area contributed by atoms with Crippen LogP contribution in [-0.2, 0) is 4.74 Å². The summed E-state index contributed by atoms with van der Waals surface area (Å²) in [5, 5.41) is 14.8. The Hall–Kier alpha value is -1.75. The third-order valence-electron chi connectivity index (χ3n) is 3.15. The van der Waals surface area contributed by atoms with Crippen LogP contribution in [0.4, 0.5) is 5.69 Å². The van der Waals surface area contributed by atoms with E-state index in [1.54, 1.807) is 6.20 Å². The predicted molar refractivity (Wildman–Crippen MR) is 64.7 cm³/mol. The van der Waals surface area contributed by atoms with Crippen LogP contribution in [0.3, 0.4) is 0 Å². The van der Waals surface area contributed by atoms with Gasteiger partial charge in [-0.15, -0.1) is 0 Å². The maximum atomic E-state index is 9.79. The molecule has 1 aromatic heterocycles. The lowest BCUT2D eigenvalue weighted by Gasteiger charge is -2.23. The third-order valence-corrected chi connectivity index (χ3v) is 3.15. The van der Waals surface area contributed by atoms with Gasteiger partial charge in [0.05, 0.1) is 17.1 Å². The molecule has 0 aliphatic carbocycles. The Labute approximate surface area is 98.8 Å². The predicted octanol–water partition coefficient (Wildman–Crippen LogP) is 2.02. The summed E-state index contributed by atoms with van der Waals surface area (Å²) in [5.41, 5.74) is 7.10. The van der Waals surface area contributed by atoms with Crippen LogP contribution in [-0.4, -0.2) is 21.5 Å². The molecule has 1 unspecified atom stereocenters. The molecule has 0 radical (unpaired) electrons. The number of hydrogen-bond acceptors (Lipinski definition) is 4. The smallest absolute Gasteiger partial charge is 0.150 e. The lowest BCUT2D eigenvalue weighted by molar-refractivity contribution is -0.0366. The molecule has 2 aromatic rings. The van der Waals surface area contributed by atoms with Crippen molar-refractivity contribution >= 4 is 16.6 Å². The first kappa shape index (κ1) is 10.4. The zero-order valence-electron chi connectivity index (χ0n) is 9.47. The van der Waals surface area contributed by atoms with Gasteiger partial charge in [-0.25, -0.2) is 4.68 Å². The van der Waals surface area contributed by atoms with E-state index >= 15 is 0 Å². The summed E-state index contributed by atoms with van der Waals surface area (Å²) in [6, 6.07) is 3.36. The highest BCUT2D eigenvalue weighted by atomic mass is 16.5. The Morgan fingerprint density at radius 2 is 2.29 bits per heavy atom. The maximum absolute atomic E-state index is 9.79. The molecule has 5 nitrogen and oxygen atoms in total. The fraction of sp³-hybridized carbons (Fsp3) is 0.417. The normalized spacial score (nSPS) is 20.8. The minimum Gasteiger partial charge on any atom is -0.507 e. The Morgan fingerprint density at radius 3 is 3.06 bits per heavy atom. The largest absolute Gasteiger partial charge is 0.507 e. The summed E-state index contributed by atoms with van der Waals surface area (Å²) < 4.78 is 7.50. The van der Waals surface area contributed by atoms with Crippen molar-refractivity contribution in [3.05, 3.63) is 18.3 Å². The van der Waals surface area contributed by atoms with Gasteiger partial charge in [0, 0.05) is 18.4 Å². The zero-order valence-corrected chi connectivity index (χ0v) is 9.47. The number of aromatic nitrogens is 2. The average molecular weight is 233 g/mol. The molecule has 3 rings (SSSR count). The lowest BCUT2D eigenvalue weighted by atomic mass is 10.2. The van der Waals surface area contributed by atoms with Crippen molar-refractivity contribution in [2.24, 2.45) is 0 Å². The highest BCUT2D eigenvalue weighted by Gasteiger charge is 2.19. The molecule has 5 heteroatoms. The molecular weight excluding hydrogens is 218 g/mol. The number of benzene rings is 1. The van der Waals surface area contributed by atoms with Crippen LogP contribution < -0.4 is 5.73 Å². The van der Waals surface area contributed by atoms with Crippen LogP contribution in [0.2, 0.25) is 0 Å². The van der Waals surface area contributed by atoms with Crippen LogP contribution in [0.1, 0.15) is 25.5 Å². The van der Waals surface area contributed by atoms with Crippen molar-refractivity contribution in [2.45, 2.75) is 25.5 Å². The molecule has 1 atom stereocenters. The maximum Gasteiger partial charge on any atom is 0.150 e. The second kappa shape index (κ2) is 3.92. The van der Waals surface area contributed by atoms with Gasteiger partial charge in [-0.3, -0.25) is 0 Å². The van der Waals surface area contributed by atoms with Crippen molar-refractivity contribution in [3.8, 4) is 5.75 Å². The monoisotopic (exact) mass is 233 g/mol. The van der Waals surface area contributed by atoms with Gasteiger partial charge >= 0.3 is 0 Å². The van der Waals surface area contributed by atoms with E-state index in [9.17, 15) is 5.11 Å². The number of anilines is 1. The Morgan fingerprint density at radius 1 is 1.41 bits per heavy atom. The first-order chi connectivity index (χ1) is 8.25. The number of fused-ring (bicyclic) bond motifs is 1. The Kier molecular flexibility index (Phi) is 2.40. The summed E-state index contributed by atoms with van der Waals surface area (Å²) in [5.74, 6) is 0.169. The number of nitrogens with two attached hydrogens (primary N) is 1. The summed E-state index contributed by atoms with van der Waals surface area (Å²) in [6.07, 6.45) is 4.81. The second-order valence-corrected chi connectivity index (χ2v) is 4.38. The number of hydrogen-bond donors (Lipinski definition) is 2. The Bertz CT molecular complexity index is 544. The van der Waals surface area contributed by atoms with Gasteiger partial charge in [-0.2, -0.15) is 5.10 Å². The molecule has 90 valence electrons. The molecule has 1 saturated heterocycles. The van der Waals surface area contributed by atoms with Crippen LogP contribution in [0.15, 0.2) is 18.3 Å². The van der Waals surface area contributed by atoms with Gasteiger partial charge in [-0.05, 0) is 25.3 Å². The topological polar surface area (TPSA) is 73.3 Å². The lowest BCUT2D eigenvalue weighted by Crippen LogP contribution is -2.18. The summed E-state index contributed by atoms with van der Waals surface area (Å²) in [4.78, 5) is 0. The molecule has 17 heavy (non-hydrogen) atoms. The second-order valence-electron chi connectivity index (χ2n) is 4.38. The van der Waals surface area contributed by atoms with E-state index < -0.39 is 0 Å². The molecule has 0 bridgehead atoms. The van der Waals surface area contributed by atoms with E-state index in [0.717, 1.165) is 31.4 Å². The fourth-order valence-electron chi connectivity index (χ4n) is 2.29. The molecule has 1 aliphatic heterocycles. The number of rotatable bonds is 1. The molecular formula is C12H15N3O2. The summed E-state index contributed by atoms with van der Waals surface area (Å²) in [6.45, 7) is 0.764. The molecule has 0 saturated carbocycles. The van der Waals surface area contributed by atoms with Gasteiger partial charge in [0.2, 0.25) is 0 Å². The first-order valence-corrected chi connectivity index (χ1v) is 5.83. The number of phenolic OH excluding ortho intramolecular Hbond substituents is 1. The highest BCUT2D eigenvalue weighted by Crippen LogP contribution is 2.31. The van der Waals surface area contributed by atoms with Crippen molar-refractivity contribution in [1.29, 1.82) is 0 Å². The molecule has 1 aromatic carbocycles. The number of aromatic hydroxyl groups is 1. The molecule has 1 fully saturated rings. The van der Waals surface area contributed by atoms with Gasteiger partial charge in [-0.1, -0.05) is 0 Å². The minimum absolute atomic E-state index is 0.0394. The van der Waals surface area contributed by atoms with Crippen LogP contribution in [0.5, 0.6) is 5.75 Å². The SMILES string of the molecule is Nc1cc(O)c2cnn(C3CCCCO3)c2c1. The van der Waals surface area contributed by atoms with Crippen molar-refractivity contribution < 1.29 is 9.84 Å². The average Bonchev–Trinajstić information content (AvgIpc) is 2.74. The number of nitrogen functional groups attached to an aromatic ring is 1. The van der Waals surface area contributed by atoms with E-state index in [1.807, 2.05) is 10.7 Å². The van der Waals surface area contributed by atoms with E-state index in [0.29, 0.717) is 11.1 Å². The fourth-order valence-corrected chi connectivity index (χ4v) is 2.29. The standard InChI is InChI=1S/C12H15N3O2/c13-8-5-10-9(11(16)6-8)7-14-15(10)12-3-1-2-4-17-12/h5-7,12,16H,1-4,13H2. The number of nitrogens with zero attached hydrogens (tertiary/aromatic N) is 2. The molecule has 3 N–H and O–H groups in total. The van der Waals surface area contributed by atoms with Crippen molar-refractivity contribution in [1.82, 2.24) is 9.78 Å². The number of phenols is 1. The van der Waals surface area contributed by atoms with E-state index in [2.05, 4.69) is 5.10 Å². The Balaban J connectivity index is 2.10.